The average molecular weight is 201 g/mol. The lowest BCUT2D eigenvalue weighted by molar-refractivity contribution is 0.112. The third-order valence-corrected chi connectivity index (χ3v) is 3.07. The van der Waals surface area contributed by atoms with Crippen molar-refractivity contribution in [2.75, 3.05) is 0 Å². The van der Waals surface area contributed by atoms with Crippen molar-refractivity contribution in [3.63, 3.8) is 0 Å². The van der Waals surface area contributed by atoms with Crippen molar-refractivity contribution in [3.05, 3.63) is 29.7 Å². The Labute approximate surface area is 86.9 Å². The maximum Gasteiger partial charge on any atom is 0.161 e. The standard InChI is InChI=1S/C11H11N3O/c15-7-8-4-5-14-10(6-8)12-13-11(14)9-2-1-3-9/h4-7,9H,1-3H2. The summed E-state index contributed by atoms with van der Waals surface area (Å²) < 4.78 is 1.98. The van der Waals surface area contributed by atoms with Gasteiger partial charge < -0.3 is 0 Å². The van der Waals surface area contributed by atoms with E-state index >= 15 is 0 Å². The van der Waals surface area contributed by atoms with E-state index in [-0.39, 0.29) is 0 Å². The first-order valence-electron chi connectivity index (χ1n) is 5.18. The van der Waals surface area contributed by atoms with Gasteiger partial charge in [0, 0.05) is 17.7 Å². The molecule has 4 nitrogen and oxygen atoms in total. The van der Waals surface area contributed by atoms with Gasteiger partial charge in [-0.1, -0.05) is 6.42 Å². The van der Waals surface area contributed by atoms with Crippen molar-refractivity contribution in [3.8, 4) is 0 Å². The Hall–Kier alpha value is -1.71. The summed E-state index contributed by atoms with van der Waals surface area (Å²) in [5.74, 6) is 1.59. The molecule has 0 spiro atoms. The quantitative estimate of drug-likeness (QED) is 0.696. The van der Waals surface area contributed by atoms with Crippen LogP contribution >= 0.6 is 0 Å². The first kappa shape index (κ1) is 8.59. The molecule has 3 rings (SSSR count). The summed E-state index contributed by atoms with van der Waals surface area (Å²) in [7, 11) is 0. The Balaban J connectivity index is 2.13. The SMILES string of the molecule is O=Cc1ccn2c(C3CCC3)nnc2c1. The van der Waals surface area contributed by atoms with Crippen LogP contribution in [0.25, 0.3) is 5.65 Å². The van der Waals surface area contributed by atoms with Gasteiger partial charge in [0.25, 0.3) is 0 Å². The Morgan fingerprint density at radius 3 is 2.93 bits per heavy atom. The van der Waals surface area contributed by atoms with Gasteiger partial charge in [-0.2, -0.15) is 0 Å². The number of pyridine rings is 1. The van der Waals surface area contributed by atoms with Crippen LogP contribution in [-0.2, 0) is 0 Å². The molecule has 0 bridgehead atoms. The topological polar surface area (TPSA) is 47.3 Å². The zero-order valence-electron chi connectivity index (χ0n) is 8.26. The molecule has 0 atom stereocenters. The number of hydrogen-bond donors (Lipinski definition) is 0. The molecule has 0 saturated heterocycles. The van der Waals surface area contributed by atoms with Gasteiger partial charge in [-0.25, -0.2) is 0 Å². The molecular formula is C11H11N3O. The molecule has 2 heterocycles. The highest BCUT2D eigenvalue weighted by molar-refractivity contribution is 5.76. The lowest BCUT2D eigenvalue weighted by atomic mass is 9.85. The van der Waals surface area contributed by atoms with E-state index in [9.17, 15) is 4.79 Å². The molecule has 1 saturated carbocycles. The van der Waals surface area contributed by atoms with Crippen LogP contribution in [0.4, 0.5) is 0 Å². The molecule has 1 aliphatic rings. The number of carbonyl (C=O) groups is 1. The summed E-state index contributed by atoms with van der Waals surface area (Å²) in [5, 5.41) is 8.27. The summed E-state index contributed by atoms with van der Waals surface area (Å²) in [6.07, 6.45) is 6.41. The molecule has 1 fully saturated rings. The van der Waals surface area contributed by atoms with E-state index in [4.69, 9.17) is 0 Å². The molecule has 0 radical (unpaired) electrons. The molecular weight excluding hydrogens is 190 g/mol. The predicted octanol–water partition coefficient (Wildman–Crippen LogP) is 1.81. The van der Waals surface area contributed by atoms with Gasteiger partial charge in [-0.15, -0.1) is 10.2 Å². The molecule has 0 aromatic carbocycles. The van der Waals surface area contributed by atoms with E-state index in [1.165, 1.54) is 19.3 Å². The molecule has 0 aliphatic heterocycles. The highest BCUT2D eigenvalue weighted by Gasteiger charge is 2.24. The second-order valence-electron chi connectivity index (χ2n) is 3.99. The molecule has 0 amide bonds. The highest BCUT2D eigenvalue weighted by Crippen LogP contribution is 2.35. The van der Waals surface area contributed by atoms with Gasteiger partial charge >= 0.3 is 0 Å². The number of fused-ring (bicyclic) bond motifs is 1. The van der Waals surface area contributed by atoms with Crippen LogP contribution in [0, 0.1) is 0 Å². The lowest BCUT2D eigenvalue weighted by Gasteiger charge is -2.23. The van der Waals surface area contributed by atoms with Crippen LogP contribution in [0.5, 0.6) is 0 Å². The van der Waals surface area contributed by atoms with Crippen molar-refractivity contribution >= 4 is 11.9 Å². The summed E-state index contributed by atoms with van der Waals surface area (Å²) in [5.41, 5.74) is 1.41. The molecule has 4 heteroatoms. The van der Waals surface area contributed by atoms with Crippen molar-refractivity contribution in [2.45, 2.75) is 25.2 Å². The Kier molecular flexibility index (Phi) is 1.80. The average Bonchev–Trinajstić information content (AvgIpc) is 2.59. The van der Waals surface area contributed by atoms with E-state index in [2.05, 4.69) is 10.2 Å². The van der Waals surface area contributed by atoms with Gasteiger partial charge in [-0.05, 0) is 25.0 Å². The summed E-state index contributed by atoms with van der Waals surface area (Å²) in [6, 6.07) is 3.56. The molecule has 2 aromatic heterocycles. The maximum absolute atomic E-state index is 10.6. The normalized spacial score (nSPS) is 16.5. The van der Waals surface area contributed by atoms with Crippen LogP contribution in [0.15, 0.2) is 18.3 Å². The number of carbonyl (C=O) groups excluding carboxylic acids is 1. The number of aldehydes is 1. The van der Waals surface area contributed by atoms with Gasteiger partial charge in [0.15, 0.2) is 5.65 Å². The third kappa shape index (κ3) is 1.25. The fourth-order valence-electron chi connectivity index (χ4n) is 1.94. The number of rotatable bonds is 2. The van der Waals surface area contributed by atoms with Crippen molar-refractivity contribution in [1.82, 2.24) is 14.6 Å². The summed E-state index contributed by atoms with van der Waals surface area (Å²) in [4.78, 5) is 10.6. The molecule has 2 aromatic rings. The highest BCUT2D eigenvalue weighted by atomic mass is 16.1. The Morgan fingerprint density at radius 2 is 2.27 bits per heavy atom. The second kappa shape index (κ2) is 3.15. The Morgan fingerprint density at radius 1 is 1.40 bits per heavy atom. The minimum Gasteiger partial charge on any atom is -0.298 e. The largest absolute Gasteiger partial charge is 0.298 e. The van der Waals surface area contributed by atoms with E-state index in [1.54, 1.807) is 12.1 Å². The summed E-state index contributed by atoms with van der Waals surface area (Å²) in [6.45, 7) is 0. The molecule has 15 heavy (non-hydrogen) atoms. The first-order chi connectivity index (χ1) is 7.38. The third-order valence-electron chi connectivity index (χ3n) is 3.07. The van der Waals surface area contributed by atoms with Crippen LogP contribution in [-0.4, -0.2) is 20.9 Å². The zero-order valence-corrected chi connectivity index (χ0v) is 8.26. The number of nitrogens with zero attached hydrogens (tertiary/aromatic N) is 3. The van der Waals surface area contributed by atoms with E-state index in [0.717, 1.165) is 17.8 Å². The van der Waals surface area contributed by atoms with Gasteiger partial charge in [0.05, 0.1) is 0 Å². The van der Waals surface area contributed by atoms with E-state index < -0.39 is 0 Å². The number of hydrogen-bond acceptors (Lipinski definition) is 3. The van der Waals surface area contributed by atoms with Gasteiger partial charge in [0.2, 0.25) is 0 Å². The predicted molar refractivity (Wildman–Crippen MR) is 55.0 cm³/mol. The van der Waals surface area contributed by atoms with Crippen molar-refractivity contribution in [1.29, 1.82) is 0 Å². The fourth-order valence-corrected chi connectivity index (χ4v) is 1.94. The van der Waals surface area contributed by atoms with Crippen LogP contribution in [0.2, 0.25) is 0 Å². The van der Waals surface area contributed by atoms with Crippen molar-refractivity contribution < 1.29 is 4.79 Å². The second-order valence-corrected chi connectivity index (χ2v) is 3.99. The van der Waals surface area contributed by atoms with Crippen molar-refractivity contribution in [2.24, 2.45) is 0 Å². The number of aromatic nitrogens is 3. The molecule has 0 N–H and O–H groups in total. The van der Waals surface area contributed by atoms with Gasteiger partial charge in [-0.3, -0.25) is 9.20 Å². The van der Waals surface area contributed by atoms with E-state index in [0.29, 0.717) is 11.5 Å². The first-order valence-corrected chi connectivity index (χ1v) is 5.18. The lowest BCUT2D eigenvalue weighted by Crippen LogP contribution is -2.12. The smallest absolute Gasteiger partial charge is 0.161 e. The monoisotopic (exact) mass is 201 g/mol. The zero-order chi connectivity index (χ0) is 10.3. The molecule has 1 aliphatic carbocycles. The molecule has 0 unspecified atom stereocenters. The minimum absolute atomic E-state index is 0.557. The van der Waals surface area contributed by atoms with Gasteiger partial charge in [0.1, 0.15) is 12.1 Å². The van der Waals surface area contributed by atoms with Crippen LogP contribution < -0.4 is 0 Å². The summed E-state index contributed by atoms with van der Waals surface area (Å²) >= 11 is 0. The maximum atomic E-state index is 10.6. The van der Waals surface area contributed by atoms with Crippen LogP contribution in [0.3, 0.4) is 0 Å². The van der Waals surface area contributed by atoms with Crippen LogP contribution in [0.1, 0.15) is 41.4 Å². The molecule has 76 valence electrons. The van der Waals surface area contributed by atoms with E-state index in [1.807, 2.05) is 10.6 Å². The fraction of sp³-hybridized carbons (Fsp3) is 0.364. The Bertz CT molecular complexity index is 514. The minimum atomic E-state index is 0.557.